The molecular weight excluding hydrogens is 333 g/mol. The second-order valence-corrected chi connectivity index (χ2v) is 7.35. The fourth-order valence-corrected chi connectivity index (χ4v) is 4.23. The number of pyridine rings is 1. The van der Waals surface area contributed by atoms with Crippen molar-refractivity contribution in [3.8, 4) is 0 Å². The van der Waals surface area contributed by atoms with E-state index in [0.29, 0.717) is 17.8 Å². The topological polar surface area (TPSA) is 65.1 Å². The first kappa shape index (κ1) is 17.1. The molecule has 26 heavy (non-hydrogen) atoms. The van der Waals surface area contributed by atoms with Crippen LogP contribution in [-0.4, -0.2) is 46.0 Å². The molecule has 7 heteroatoms. The number of hydrogen-bond acceptors (Lipinski definition) is 5. The first-order valence-electron chi connectivity index (χ1n) is 9.30. The Morgan fingerprint density at radius 1 is 1.15 bits per heavy atom. The molecule has 0 aromatic carbocycles. The number of halogens is 1. The number of aromatic amines is 1. The van der Waals surface area contributed by atoms with Crippen molar-refractivity contribution in [2.75, 3.05) is 31.1 Å². The lowest BCUT2D eigenvalue weighted by atomic mass is 9.83. The normalized spacial score (nSPS) is 22.0. The van der Waals surface area contributed by atoms with Crippen LogP contribution in [-0.2, 0) is 6.54 Å². The van der Waals surface area contributed by atoms with Gasteiger partial charge in [0.05, 0.1) is 6.20 Å². The number of nitrogens with zero attached hydrogens (tertiary/aromatic N) is 4. The van der Waals surface area contributed by atoms with Crippen molar-refractivity contribution in [3.63, 3.8) is 0 Å². The number of nitrogens with one attached hydrogen (secondary N) is 1. The fraction of sp³-hybridized carbons (Fsp3) is 0.526. The molecule has 138 valence electrons. The highest BCUT2D eigenvalue weighted by molar-refractivity contribution is 5.30. The molecule has 4 heterocycles. The van der Waals surface area contributed by atoms with Crippen molar-refractivity contribution in [3.05, 3.63) is 52.5 Å². The maximum Gasteiger partial charge on any atom is 0.288 e. The summed E-state index contributed by atoms with van der Waals surface area (Å²) in [5, 5.41) is 0. The maximum atomic E-state index is 13.1. The molecule has 4 rings (SSSR count). The summed E-state index contributed by atoms with van der Waals surface area (Å²) in [6.45, 7) is 4.96. The Morgan fingerprint density at radius 3 is 2.69 bits per heavy atom. The average molecular weight is 357 g/mol. The van der Waals surface area contributed by atoms with Gasteiger partial charge in [0, 0.05) is 32.0 Å². The highest BCUT2D eigenvalue weighted by Crippen LogP contribution is 2.33. The highest BCUT2D eigenvalue weighted by atomic mass is 19.1. The van der Waals surface area contributed by atoms with Gasteiger partial charge >= 0.3 is 0 Å². The number of anilines is 1. The molecular formula is C19H24FN5O. The third kappa shape index (κ3) is 3.77. The van der Waals surface area contributed by atoms with Gasteiger partial charge in [-0.05, 0) is 55.8 Å². The molecule has 6 nitrogen and oxygen atoms in total. The second-order valence-electron chi connectivity index (χ2n) is 7.35. The Morgan fingerprint density at radius 2 is 1.96 bits per heavy atom. The van der Waals surface area contributed by atoms with E-state index in [1.807, 2.05) is 18.5 Å². The van der Waals surface area contributed by atoms with E-state index >= 15 is 0 Å². The lowest BCUT2D eigenvalue weighted by Gasteiger charge is -2.34. The first-order chi connectivity index (χ1) is 12.7. The van der Waals surface area contributed by atoms with Gasteiger partial charge in [-0.1, -0.05) is 6.07 Å². The van der Waals surface area contributed by atoms with Crippen LogP contribution in [0.2, 0.25) is 0 Å². The highest BCUT2D eigenvalue weighted by Gasteiger charge is 2.32. The number of likely N-dealkylation sites (tertiary alicyclic amines) is 1. The molecule has 0 radical (unpaired) electrons. The summed E-state index contributed by atoms with van der Waals surface area (Å²) < 4.78 is 13.1. The summed E-state index contributed by atoms with van der Waals surface area (Å²) in [6.07, 6.45) is 8.27. The van der Waals surface area contributed by atoms with Gasteiger partial charge in [0.1, 0.15) is 0 Å². The van der Waals surface area contributed by atoms with Gasteiger partial charge in [-0.2, -0.15) is 4.39 Å². The van der Waals surface area contributed by atoms with Gasteiger partial charge in [0.25, 0.3) is 5.56 Å². The molecule has 2 fully saturated rings. The quantitative estimate of drug-likeness (QED) is 0.907. The van der Waals surface area contributed by atoms with E-state index in [1.165, 1.54) is 18.4 Å². The molecule has 2 aromatic rings. The summed E-state index contributed by atoms with van der Waals surface area (Å²) in [4.78, 5) is 26.8. The Kier molecular flexibility index (Phi) is 4.97. The van der Waals surface area contributed by atoms with Crippen LogP contribution in [0.3, 0.4) is 0 Å². The summed E-state index contributed by atoms with van der Waals surface area (Å²) in [5.41, 5.74) is 0.575. The van der Waals surface area contributed by atoms with Gasteiger partial charge in [-0.15, -0.1) is 0 Å². The van der Waals surface area contributed by atoms with Crippen LogP contribution in [0.15, 0.2) is 35.5 Å². The van der Waals surface area contributed by atoms with Gasteiger partial charge in [-0.25, -0.2) is 4.98 Å². The monoisotopic (exact) mass is 357 g/mol. The van der Waals surface area contributed by atoms with Crippen LogP contribution in [0.1, 0.15) is 24.8 Å². The van der Waals surface area contributed by atoms with E-state index in [9.17, 15) is 9.18 Å². The zero-order chi connectivity index (χ0) is 17.9. The Hall–Kier alpha value is -2.28. The molecule has 2 aliphatic heterocycles. The van der Waals surface area contributed by atoms with Crippen molar-refractivity contribution in [2.45, 2.75) is 25.8 Å². The predicted molar refractivity (Wildman–Crippen MR) is 97.4 cm³/mol. The van der Waals surface area contributed by atoms with Crippen LogP contribution in [0.25, 0.3) is 0 Å². The predicted octanol–water partition coefficient (Wildman–Crippen LogP) is 2.04. The third-order valence-corrected chi connectivity index (χ3v) is 5.69. The van der Waals surface area contributed by atoms with Crippen molar-refractivity contribution in [2.24, 2.45) is 11.8 Å². The van der Waals surface area contributed by atoms with Crippen molar-refractivity contribution < 1.29 is 4.39 Å². The second kappa shape index (κ2) is 7.53. The summed E-state index contributed by atoms with van der Waals surface area (Å²) >= 11 is 0. The van der Waals surface area contributed by atoms with Crippen molar-refractivity contribution in [1.29, 1.82) is 0 Å². The molecule has 1 atom stereocenters. The number of rotatable bonds is 4. The molecule has 1 N–H and O–H groups in total. The first-order valence-corrected chi connectivity index (χ1v) is 9.30. The van der Waals surface area contributed by atoms with Gasteiger partial charge in [-0.3, -0.25) is 19.7 Å². The standard InChI is InChI=1S/C19H24FN5O/c20-17-11-22-19(23-18(17)26)25-9-5-16(13-25)15-3-7-24(8-4-15)12-14-2-1-6-21-10-14/h1-2,6,10-11,15-16H,3-5,7-9,12-13H2,(H,22,23,26). The molecule has 0 amide bonds. The zero-order valence-corrected chi connectivity index (χ0v) is 14.8. The minimum absolute atomic E-state index is 0.493. The minimum atomic E-state index is -0.828. The Bertz CT molecular complexity index is 788. The average Bonchev–Trinajstić information content (AvgIpc) is 3.16. The van der Waals surface area contributed by atoms with Crippen LogP contribution >= 0.6 is 0 Å². The maximum absolute atomic E-state index is 13.1. The molecule has 0 bridgehead atoms. The molecule has 0 aliphatic carbocycles. The van der Waals surface area contributed by atoms with E-state index in [2.05, 4.69) is 30.8 Å². The Balaban J connectivity index is 1.30. The summed E-state index contributed by atoms with van der Waals surface area (Å²) in [6, 6.07) is 4.12. The smallest absolute Gasteiger partial charge is 0.288 e. The molecule has 1 unspecified atom stereocenters. The SMILES string of the molecule is O=c1[nH]c(N2CCC(C3CCN(Cc4cccnc4)CC3)C2)ncc1F. The molecule has 0 saturated carbocycles. The van der Waals surface area contributed by atoms with Crippen molar-refractivity contribution >= 4 is 5.95 Å². The van der Waals surface area contributed by atoms with Crippen LogP contribution < -0.4 is 10.5 Å². The van der Waals surface area contributed by atoms with Gasteiger partial charge < -0.3 is 4.90 Å². The molecule has 2 saturated heterocycles. The van der Waals surface area contributed by atoms with Gasteiger partial charge in [0.2, 0.25) is 11.8 Å². The van der Waals surface area contributed by atoms with E-state index in [0.717, 1.165) is 45.3 Å². The van der Waals surface area contributed by atoms with Crippen LogP contribution in [0.5, 0.6) is 0 Å². The van der Waals surface area contributed by atoms with E-state index in [4.69, 9.17) is 0 Å². The van der Waals surface area contributed by atoms with Gasteiger partial charge in [0.15, 0.2) is 0 Å². The lowest BCUT2D eigenvalue weighted by Crippen LogP contribution is -2.36. The molecule has 2 aromatic heterocycles. The van der Waals surface area contributed by atoms with E-state index in [1.54, 1.807) is 0 Å². The van der Waals surface area contributed by atoms with Crippen LogP contribution in [0, 0.1) is 17.7 Å². The van der Waals surface area contributed by atoms with E-state index in [-0.39, 0.29) is 0 Å². The van der Waals surface area contributed by atoms with E-state index < -0.39 is 11.4 Å². The number of H-pyrrole nitrogens is 1. The molecule has 2 aliphatic rings. The number of hydrogen-bond donors (Lipinski definition) is 1. The van der Waals surface area contributed by atoms with Crippen LogP contribution in [0.4, 0.5) is 10.3 Å². The number of piperidine rings is 1. The largest absolute Gasteiger partial charge is 0.342 e. The fourth-order valence-electron chi connectivity index (χ4n) is 4.23. The minimum Gasteiger partial charge on any atom is -0.342 e. The molecule has 0 spiro atoms. The Labute approximate surface area is 152 Å². The zero-order valence-electron chi connectivity index (χ0n) is 14.8. The third-order valence-electron chi connectivity index (χ3n) is 5.69. The summed E-state index contributed by atoms with van der Waals surface area (Å²) in [7, 11) is 0. The number of aromatic nitrogens is 3. The summed E-state index contributed by atoms with van der Waals surface area (Å²) in [5.74, 6) is 0.988. The lowest BCUT2D eigenvalue weighted by molar-refractivity contribution is 0.147. The van der Waals surface area contributed by atoms with Crippen molar-refractivity contribution in [1.82, 2.24) is 19.9 Å².